The van der Waals surface area contributed by atoms with Gasteiger partial charge in [-0.05, 0) is 18.4 Å². The molecule has 0 heterocycles. The quantitative estimate of drug-likeness (QED) is 0.520. The van der Waals surface area contributed by atoms with Crippen molar-refractivity contribution >= 4 is 5.97 Å². The number of ether oxygens (including phenoxy) is 1. The Hall–Kier alpha value is -1.35. The first-order valence-electron chi connectivity index (χ1n) is 7.70. The minimum atomic E-state index is -0.133. The van der Waals surface area contributed by atoms with E-state index in [0.717, 1.165) is 18.4 Å². The second-order valence-corrected chi connectivity index (χ2v) is 5.19. The summed E-state index contributed by atoms with van der Waals surface area (Å²) in [5.41, 5.74) is 7.11. The van der Waals surface area contributed by atoms with Gasteiger partial charge in [-0.1, -0.05) is 62.9 Å². The van der Waals surface area contributed by atoms with E-state index in [2.05, 4.69) is 6.92 Å². The molecule has 0 amide bonds. The van der Waals surface area contributed by atoms with E-state index in [1.165, 1.54) is 19.3 Å². The second kappa shape index (κ2) is 10.4. The Kier molecular flexibility index (Phi) is 8.72. The van der Waals surface area contributed by atoms with Crippen molar-refractivity contribution in [1.29, 1.82) is 0 Å². The van der Waals surface area contributed by atoms with Gasteiger partial charge in [-0.2, -0.15) is 0 Å². The van der Waals surface area contributed by atoms with Crippen LogP contribution in [0.1, 0.15) is 63.5 Å². The number of rotatable bonds is 10. The van der Waals surface area contributed by atoms with Crippen LogP contribution < -0.4 is 5.73 Å². The van der Waals surface area contributed by atoms with Crippen molar-refractivity contribution in [2.75, 3.05) is 6.61 Å². The molecule has 0 aromatic heterocycles. The zero-order chi connectivity index (χ0) is 14.6. The molecule has 0 aliphatic rings. The highest BCUT2D eigenvalue weighted by atomic mass is 16.5. The van der Waals surface area contributed by atoms with Crippen LogP contribution in [-0.2, 0) is 9.53 Å². The standard InChI is InChI=1S/C17H27NO2/c1-2-3-4-5-9-14-20-17(19)13-12-16(18)15-10-7-6-8-11-15/h6-8,10-11,16H,2-5,9,12-14,18H2,1H3. The van der Waals surface area contributed by atoms with Crippen LogP contribution in [0, 0.1) is 0 Å². The lowest BCUT2D eigenvalue weighted by Gasteiger charge is -2.11. The van der Waals surface area contributed by atoms with Crippen LogP contribution in [0.25, 0.3) is 0 Å². The first-order chi connectivity index (χ1) is 9.74. The van der Waals surface area contributed by atoms with Crippen LogP contribution in [-0.4, -0.2) is 12.6 Å². The summed E-state index contributed by atoms with van der Waals surface area (Å²) in [4.78, 5) is 11.6. The molecule has 1 aromatic carbocycles. The number of carbonyl (C=O) groups excluding carboxylic acids is 1. The third kappa shape index (κ3) is 7.29. The van der Waals surface area contributed by atoms with Gasteiger partial charge >= 0.3 is 5.97 Å². The predicted molar refractivity (Wildman–Crippen MR) is 82.3 cm³/mol. The summed E-state index contributed by atoms with van der Waals surface area (Å²) >= 11 is 0. The van der Waals surface area contributed by atoms with Gasteiger partial charge in [0, 0.05) is 12.5 Å². The van der Waals surface area contributed by atoms with Crippen LogP contribution in [0.5, 0.6) is 0 Å². The zero-order valence-corrected chi connectivity index (χ0v) is 12.5. The molecule has 0 bridgehead atoms. The van der Waals surface area contributed by atoms with Gasteiger partial charge in [-0.3, -0.25) is 4.79 Å². The van der Waals surface area contributed by atoms with Gasteiger partial charge in [-0.15, -0.1) is 0 Å². The molecule has 0 radical (unpaired) electrons. The molecule has 1 aromatic rings. The van der Waals surface area contributed by atoms with E-state index in [9.17, 15) is 4.79 Å². The lowest BCUT2D eigenvalue weighted by molar-refractivity contribution is -0.144. The highest BCUT2D eigenvalue weighted by Crippen LogP contribution is 2.15. The highest BCUT2D eigenvalue weighted by molar-refractivity contribution is 5.69. The average Bonchev–Trinajstić information content (AvgIpc) is 2.49. The fourth-order valence-corrected chi connectivity index (χ4v) is 2.10. The fourth-order valence-electron chi connectivity index (χ4n) is 2.10. The van der Waals surface area contributed by atoms with E-state index < -0.39 is 0 Å². The number of esters is 1. The van der Waals surface area contributed by atoms with Crippen LogP contribution in [0.2, 0.25) is 0 Å². The molecule has 0 spiro atoms. The minimum absolute atomic E-state index is 0.0895. The normalized spacial score (nSPS) is 12.1. The molecule has 20 heavy (non-hydrogen) atoms. The largest absolute Gasteiger partial charge is 0.466 e. The van der Waals surface area contributed by atoms with Gasteiger partial charge in [0.05, 0.1) is 6.61 Å². The molecule has 3 nitrogen and oxygen atoms in total. The van der Waals surface area contributed by atoms with Crippen LogP contribution in [0.15, 0.2) is 30.3 Å². The Morgan fingerprint density at radius 1 is 1.15 bits per heavy atom. The smallest absolute Gasteiger partial charge is 0.305 e. The molecule has 1 unspecified atom stereocenters. The molecule has 1 rings (SSSR count). The molecular formula is C17H27NO2. The second-order valence-electron chi connectivity index (χ2n) is 5.19. The Morgan fingerprint density at radius 3 is 2.55 bits per heavy atom. The van der Waals surface area contributed by atoms with Crippen LogP contribution >= 0.6 is 0 Å². The first-order valence-corrected chi connectivity index (χ1v) is 7.70. The summed E-state index contributed by atoms with van der Waals surface area (Å²) in [5.74, 6) is -0.133. The van der Waals surface area contributed by atoms with Crippen molar-refractivity contribution < 1.29 is 9.53 Å². The van der Waals surface area contributed by atoms with E-state index in [4.69, 9.17) is 10.5 Å². The van der Waals surface area contributed by atoms with Crippen molar-refractivity contribution in [1.82, 2.24) is 0 Å². The van der Waals surface area contributed by atoms with Crippen molar-refractivity contribution in [3.8, 4) is 0 Å². The number of benzene rings is 1. The fraction of sp³-hybridized carbons (Fsp3) is 0.588. The Balaban J connectivity index is 2.08. The number of nitrogens with two attached hydrogens (primary N) is 1. The van der Waals surface area contributed by atoms with E-state index in [1.807, 2.05) is 30.3 Å². The summed E-state index contributed by atoms with van der Waals surface area (Å²) in [6.45, 7) is 2.74. The Bertz CT molecular complexity index is 365. The number of hydrogen-bond acceptors (Lipinski definition) is 3. The van der Waals surface area contributed by atoms with Gasteiger partial charge in [0.15, 0.2) is 0 Å². The summed E-state index contributed by atoms with van der Waals surface area (Å²) in [6, 6.07) is 9.78. The average molecular weight is 277 g/mol. The maximum absolute atomic E-state index is 11.6. The number of unbranched alkanes of at least 4 members (excludes halogenated alkanes) is 4. The maximum atomic E-state index is 11.6. The highest BCUT2D eigenvalue weighted by Gasteiger charge is 2.09. The monoisotopic (exact) mass is 277 g/mol. The van der Waals surface area contributed by atoms with Crippen molar-refractivity contribution in [2.45, 2.75) is 57.9 Å². The Morgan fingerprint density at radius 2 is 1.85 bits per heavy atom. The third-order valence-electron chi connectivity index (χ3n) is 3.40. The lowest BCUT2D eigenvalue weighted by atomic mass is 10.0. The van der Waals surface area contributed by atoms with E-state index >= 15 is 0 Å². The van der Waals surface area contributed by atoms with Gasteiger partial charge < -0.3 is 10.5 Å². The minimum Gasteiger partial charge on any atom is -0.466 e. The molecule has 2 N–H and O–H groups in total. The summed E-state index contributed by atoms with van der Waals surface area (Å²) in [7, 11) is 0. The van der Waals surface area contributed by atoms with Gasteiger partial charge in [0.25, 0.3) is 0 Å². The molecule has 1 atom stereocenters. The van der Waals surface area contributed by atoms with Crippen LogP contribution in [0.4, 0.5) is 0 Å². The molecule has 112 valence electrons. The number of hydrogen-bond donors (Lipinski definition) is 1. The van der Waals surface area contributed by atoms with E-state index in [0.29, 0.717) is 19.4 Å². The van der Waals surface area contributed by atoms with Crippen LogP contribution in [0.3, 0.4) is 0 Å². The van der Waals surface area contributed by atoms with E-state index in [-0.39, 0.29) is 12.0 Å². The third-order valence-corrected chi connectivity index (χ3v) is 3.40. The topological polar surface area (TPSA) is 52.3 Å². The first kappa shape index (κ1) is 16.7. The zero-order valence-electron chi connectivity index (χ0n) is 12.5. The lowest BCUT2D eigenvalue weighted by Crippen LogP contribution is -2.14. The summed E-state index contributed by atoms with van der Waals surface area (Å²) in [5, 5.41) is 0. The van der Waals surface area contributed by atoms with E-state index in [1.54, 1.807) is 0 Å². The summed E-state index contributed by atoms with van der Waals surface area (Å²) < 4.78 is 5.21. The summed E-state index contributed by atoms with van der Waals surface area (Å²) in [6.07, 6.45) is 6.87. The van der Waals surface area contributed by atoms with Gasteiger partial charge in [0.2, 0.25) is 0 Å². The van der Waals surface area contributed by atoms with Crippen molar-refractivity contribution in [3.63, 3.8) is 0 Å². The molecule has 3 heteroatoms. The molecule has 0 aliphatic heterocycles. The van der Waals surface area contributed by atoms with Gasteiger partial charge in [0.1, 0.15) is 0 Å². The van der Waals surface area contributed by atoms with Gasteiger partial charge in [-0.25, -0.2) is 0 Å². The maximum Gasteiger partial charge on any atom is 0.305 e. The molecule has 0 saturated carbocycles. The predicted octanol–water partition coefficient (Wildman–Crippen LogP) is 3.98. The van der Waals surface area contributed by atoms with Crippen molar-refractivity contribution in [2.24, 2.45) is 5.73 Å². The molecule has 0 fully saturated rings. The number of carbonyl (C=O) groups is 1. The molecule has 0 aliphatic carbocycles. The Labute approximate surface area is 122 Å². The van der Waals surface area contributed by atoms with Crippen molar-refractivity contribution in [3.05, 3.63) is 35.9 Å². The molecular weight excluding hydrogens is 250 g/mol. The SMILES string of the molecule is CCCCCCCOC(=O)CCC(N)c1ccccc1. The molecule has 0 saturated heterocycles.